The number of carbonyl (C=O) groups is 2. The first-order valence-electron chi connectivity index (χ1n) is 15.6. The minimum absolute atomic E-state index is 0.00410. The van der Waals surface area contributed by atoms with Gasteiger partial charge in [0.1, 0.15) is 17.9 Å². The predicted molar refractivity (Wildman–Crippen MR) is 163 cm³/mol. The Morgan fingerprint density at radius 1 is 1.14 bits per heavy atom. The second-order valence-electron chi connectivity index (χ2n) is 12.8. The van der Waals surface area contributed by atoms with Crippen molar-refractivity contribution >= 4 is 33.9 Å². The Hall–Kier alpha value is -4.05. The van der Waals surface area contributed by atoms with Crippen LogP contribution in [-0.2, 0) is 24.8 Å². The van der Waals surface area contributed by atoms with Gasteiger partial charge in [0.25, 0.3) is 5.91 Å². The molecule has 10 heteroatoms. The minimum atomic E-state index is -0.229. The molecule has 2 amide bonds. The highest BCUT2D eigenvalue weighted by Gasteiger charge is 2.47. The third-order valence-electron chi connectivity index (χ3n) is 10.2. The van der Waals surface area contributed by atoms with E-state index in [0.29, 0.717) is 42.8 Å². The van der Waals surface area contributed by atoms with E-state index < -0.39 is 0 Å². The van der Waals surface area contributed by atoms with Crippen LogP contribution in [0.2, 0.25) is 0 Å². The summed E-state index contributed by atoms with van der Waals surface area (Å²) < 4.78 is 15.5. The van der Waals surface area contributed by atoms with E-state index in [1.54, 1.807) is 12.0 Å². The quantitative estimate of drug-likeness (QED) is 0.334. The van der Waals surface area contributed by atoms with Crippen LogP contribution in [0.4, 0.5) is 4.79 Å². The number of imidazole rings is 1. The van der Waals surface area contributed by atoms with E-state index >= 15 is 0 Å². The number of aryl methyl sites for hydroxylation is 1. The summed E-state index contributed by atoms with van der Waals surface area (Å²) in [5, 5.41) is 1.16. The number of para-hydroxylation sites is 1. The molecule has 2 aliphatic carbocycles. The number of piperidine rings is 1. The fraction of sp³-hybridized carbons (Fsp3) is 0.485. The predicted octanol–water partition coefficient (Wildman–Crippen LogP) is 4.17. The monoisotopic (exact) mass is 582 g/mol. The number of benzene rings is 2. The van der Waals surface area contributed by atoms with Crippen molar-refractivity contribution in [2.24, 2.45) is 24.6 Å². The average Bonchev–Trinajstić information content (AvgIpc) is 3.26. The summed E-state index contributed by atoms with van der Waals surface area (Å²) >= 11 is 0. The van der Waals surface area contributed by atoms with Crippen LogP contribution in [0, 0.1) is 11.8 Å². The summed E-state index contributed by atoms with van der Waals surface area (Å²) in [6.07, 6.45) is 5.05. The first kappa shape index (κ1) is 26.6. The van der Waals surface area contributed by atoms with E-state index in [0.717, 1.165) is 60.3 Å². The van der Waals surface area contributed by atoms with Gasteiger partial charge in [0.05, 0.1) is 30.4 Å². The SMILES string of the molecule is COc1cc(C(=O)N2C[C@H]3CC[C@@H]2[C@@H]3N)cc2nc(-c3cc4cccc(CCN5CCOC5=O)c4n3CC3CC3)n(C)c12. The van der Waals surface area contributed by atoms with Crippen LogP contribution >= 0.6 is 0 Å². The van der Waals surface area contributed by atoms with E-state index in [4.69, 9.17) is 20.2 Å². The third kappa shape index (κ3) is 4.29. The molecule has 4 heterocycles. The number of nitrogens with two attached hydrogens (primary N) is 1. The maximum Gasteiger partial charge on any atom is 0.409 e. The van der Waals surface area contributed by atoms with Crippen molar-refractivity contribution in [1.29, 1.82) is 0 Å². The second kappa shape index (κ2) is 10.0. The van der Waals surface area contributed by atoms with Crippen molar-refractivity contribution in [2.45, 2.75) is 50.7 Å². The zero-order valence-corrected chi connectivity index (χ0v) is 24.8. The number of likely N-dealkylation sites (tertiary alicyclic amines) is 1. The van der Waals surface area contributed by atoms with Gasteiger partial charge < -0.3 is 34.1 Å². The molecular formula is C33H38N6O4. The van der Waals surface area contributed by atoms with E-state index in [2.05, 4.69) is 33.4 Å². The third-order valence-corrected chi connectivity index (χ3v) is 10.2. The molecule has 4 aromatic rings. The van der Waals surface area contributed by atoms with Crippen molar-refractivity contribution in [2.75, 3.05) is 33.4 Å². The Balaban J connectivity index is 1.20. The lowest BCUT2D eigenvalue weighted by molar-refractivity contribution is 0.0700. The number of ether oxygens (including phenoxy) is 2. The van der Waals surface area contributed by atoms with Crippen LogP contribution in [-0.4, -0.2) is 81.4 Å². The van der Waals surface area contributed by atoms with Gasteiger partial charge in [-0.2, -0.15) is 0 Å². The molecule has 0 spiro atoms. The molecule has 0 unspecified atom stereocenters. The molecule has 2 aromatic heterocycles. The number of fused-ring (bicyclic) bond motifs is 4. The van der Waals surface area contributed by atoms with Gasteiger partial charge in [0.2, 0.25) is 0 Å². The number of hydrogen-bond donors (Lipinski definition) is 1. The van der Waals surface area contributed by atoms with Crippen LogP contribution in [0.25, 0.3) is 33.5 Å². The molecule has 2 bridgehead atoms. The molecule has 43 heavy (non-hydrogen) atoms. The fourth-order valence-electron chi connectivity index (χ4n) is 7.69. The normalized spacial score (nSPS) is 23.2. The second-order valence-corrected chi connectivity index (χ2v) is 12.8. The zero-order valence-electron chi connectivity index (χ0n) is 24.8. The van der Waals surface area contributed by atoms with Crippen LogP contribution in [0.1, 0.15) is 41.6 Å². The Morgan fingerprint density at radius 2 is 2.00 bits per heavy atom. The lowest BCUT2D eigenvalue weighted by Crippen LogP contribution is -2.41. The van der Waals surface area contributed by atoms with Gasteiger partial charge in [-0.15, -0.1) is 0 Å². The molecule has 0 radical (unpaired) electrons. The smallest absolute Gasteiger partial charge is 0.409 e. The molecule has 2 saturated heterocycles. The van der Waals surface area contributed by atoms with Crippen molar-refractivity contribution in [1.82, 2.24) is 23.9 Å². The number of rotatable bonds is 8. The van der Waals surface area contributed by atoms with Gasteiger partial charge in [0.15, 0.2) is 5.82 Å². The van der Waals surface area contributed by atoms with Gasteiger partial charge in [-0.3, -0.25) is 4.79 Å². The number of aromatic nitrogens is 3. The molecule has 8 rings (SSSR count). The van der Waals surface area contributed by atoms with Crippen LogP contribution < -0.4 is 10.5 Å². The number of amides is 2. The highest BCUT2D eigenvalue weighted by molar-refractivity contribution is 6.00. The Kier molecular flexibility index (Phi) is 6.18. The standard InChI is InChI=1S/C33H38N6O4/c1-36-30-24(14-23(16-27(30)42-2)32(40)39-18-22-8-9-25(39)28(22)34)35-31(36)26-15-21-5-3-4-20(10-11-37-12-13-43-33(37)41)29(21)38(26)17-19-6-7-19/h3-5,14-16,19,22,25,28H,6-13,17-18,34H2,1-2H3/t22-,25-,28-/m1/s1. The summed E-state index contributed by atoms with van der Waals surface area (Å²) in [4.78, 5) is 34.7. The molecule has 4 aliphatic rings. The Morgan fingerprint density at radius 3 is 2.70 bits per heavy atom. The number of cyclic esters (lactones) is 1. The maximum absolute atomic E-state index is 13.7. The van der Waals surface area contributed by atoms with Gasteiger partial charge >= 0.3 is 6.09 Å². The first-order valence-corrected chi connectivity index (χ1v) is 15.6. The maximum atomic E-state index is 13.7. The number of hydrogen-bond acceptors (Lipinski definition) is 6. The van der Waals surface area contributed by atoms with E-state index in [9.17, 15) is 9.59 Å². The molecule has 224 valence electrons. The molecule has 2 aromatic carbocycles. The first-order chi connectivity index (χ1) is 20.9. The molecule has 2 aliphatic heterocycles. The van der Waals surface area contributed by atoms with E-state index in [-0.39, 0.29) is 24.1 Å². The van der Waals surface area contributed by atoms with E-state index in [1.165, 1.54) is 23.9 Å². The van der Waals surface area contributed by atoms with Gasteiger partial charge in [0, 0.05) is 49.7 Å². The zero-order chi connectivity index (χ0) is 29.4. The number of nitrogens with zero attached hydrogens (tertiary/aromatic N) is 5. The Bertz CT molecular complexity index is 1770. The van der Waals surface area contributed by atoms with Gasteiger partial charge in [-0.1, -0.05) is 18.2 Å². The minimum Gasteiger partial charge on any atom is -0.494 e. The van der Waals surface area contributed by atoms with Gasteiger partial charge in [-0.25, -0.2) is 9.78 Å². The lowest BCUT2D eigenvalue weighted by Gasteiger charge is -2.27. The van der Waals surface area contributed by atoms with Crippen molar-refractivity contribution in [3.8, 4) is 17.3 Å². The number of methoxy groups -OCH3 is 1. The van der Waals surface area contributed by atoms with Crippen LogP contribution in [0.5, 0.6) is 5.75 Å². The molecule has 10 nitrogen and oxygen atoms in total. The summed E-state index contributed by atoms with van der Waals surface area (Å²) in [6.45, 7) is 3.37. The van der Waals surface area contributed by atoms with E-state index in [1.807, 2.05) is 24.1 Å². The highest BCUT2D eigenvalue weighted by atomic mass is 16.6. The van der Waals surface area contributed by atoms with Crippen LogP contribution in [0.3, 0.4) is 0 Å². The summed E-state index contributed by atoms with van der Waals surface area (Å²) in [5.41, 5.74) is 12.1. The van der Waals surface area contributed by atoms with Crippen LogP contribution in [0.15, 0.2) is 36.4 Å². The van der Waals surface area contributed by atoms with Crippen molar-refractivity contribution in [3.05, 3.63) is 47.5 Å². The van der Waals surface area contributed by atoms with Crippen molar-refractivity contribution in [3.63, 3.8) is 0 Å². The Labute approximate surface area is 250 Å². The highest BCUT2D eigenvalue weighted by Crippen LogP contribution is 2.40. The number of carbonyl (C=O) groups excluding carboxylic acids is 2. The summed E-state index contributed by atoms with van der Waals surface area (Å²) in [6, 6.07) is 12.6. The van der Waals surface area contributed by atoms with Crippen molar-refractivity contribution < 1.29 is 19.1 Å². The topological polar surface area (TPSA) is 108 Å². The lowest BCUT2D eigenvalue weighted by atomic mass is 10.1. The average molecular weight is 583 g/mol. The fourth-order valence-corrected chi connectivity index (χ4v) is 7.69. The summed E-state index contributed by atoms with van der Waals surface area (Å²) in [5.74, 6) is 2.52. The molecule has 4 fully saturated rings. The summed E-state index contributed by atoms with van der Waals surface area (Å²) in [7, 11) is 3.67. The largest absolute Gasteiger partial charge is 0.494 e. The van der Waals surface area contributed by atoms with Gasteiger partial charge in [-0.05, 0) is 67.7 Å². The molecule has 2 N–H and O–H groups in total. The molecule has 3 atom stereocenters. The molecule has 2 saturated carbocycles. The molecular weight excluding hydrogens is 544 g/mol.